The number of hydrogen-bond acceptors (Lipinski definition) is 5. The molecule has 0 bridgehead atoms. The SMILES string of the molecule is Cc1ccc(S(=O)(=O)n2c3c(c4cc(F)ccc42)CN(C(=N)/C=C\C(=N)N2CCOCC2)CC3)cc1. The number of amidine groups is 2. The normalized spacial score (nSPS) is 16.5. The van der Waals surface area contributed by atoms with Crippen LogP contribution in [0.1, 0.15) is 16.8 Å². The predicted molar refractivity (Wildman–Crippen MR) is 137 cm³/mol. The molecular weight excluding hydrogens is 481 g/mol. The number of ether oxygens (including phenoxy) is 1. The number of nitrogens with one attached hydrogen (secondary N) is 2. The lowest BCUT2D eigenvalue weighted by molar-refractivity contribution is 0.0681. The molecular formula is C26H28FN5O3S. The molecule has 1 aromatic heterocycles. The van der Waals surface area contributed by atoms with Crippen molar-refractivity contribution in [2.75, 3.05) is 32.8 Å². The summed E-state index contributed by atoms with van der Waals surface area (Å²) >= 11 is 0. The molecule has 2 aliphatic heterocycles. The van der Waals surface area contributed by atoms with Crippen LogP contribution in [0.4, 0.5) is 4.39 Å². The van der Waals surface area contributed by atoms with Crippen LogP contribution in [0.2, 0.25) is 0 Å². The minimum Gasteiger partial charge on any atom is -0.378 e. The Morgan fingerprint density at radius 1 is 0.972 bits per heavy atom. The summed E-state index contributed by atoms with van der Waals surface area (Å²) in [5, 5.41) is 17.4. The lowest BCUT2D eigenvalue weighted by Gasteiger charge is -2.30. The van der Waals surface area contributed by atoms with Crippen LogP contribution in [0.3, 0.4) is 0 Å². The molecule has 0 aliphatic carbocycles. The Hall–Kier alpha value is -3.50. The zero-order chi connectivity index (χ0) is 25.4. The second-order valence-electron chi connectivity index (χ2n) is 9.04. The standard InChI is InChI=1S/C26H28FN5O3S/c1-18-2-5-20(6-3-18)36(33,34)32-23-7-4-19(27)16-21(23)22-17-31(11-10-24(22)32)26(29)9-8-25(28)30-12-14-35-15-13-30/h2-9,16,28-29H,10-15,17H2,1H3/b9-8-,28-25?,29-26?. The van der Waals surface area contributed by atoms with Crippen LogP contribution in [0.15, 0.2) is 59.5 Å². The van der Waals surface area contributed by atoms with Gasteiger partial charge in [0, 0.05) is 49.2 Å². The molecule has 3 aromatic rings. The van der Waals surface area contributed by atoms with Gasteiger partial charge in [-0.2, -0.15) is 0 Å². The first kappa shape index (κ1) is 24.2. The Morgan fingerprint density at radius 3 is 2.33 bits per heavy atom. The van der Waals surface area contributed by atoms with Gasteiger partial charge < -0.3 is 14.5 Å². The molecule has 0 atom stereocenters. The number of halogens is 1. The molecule has 2 N–H and O–H groups in total. The molecule has 10 heteroatoms. The van der Waals surface area contributed by atoms with Gasteiger partial charge in [0.1, 0.15) is 17.5 Å². The van der Waals surface area contributed by atoms with Gasteiger partial charge in [0.2, 0.25) is 0 Å². The zero-order valence-electron chi connectivity index (χ0n) is 20.0. The van der Waals surface area contributed by atoms with E-state index in [1.807, 2.05) is 16.7 Å². The fraction of sp³-hybridized carbons (Fsp3) is 0.308. The maximum absolute atomic E-state index is 14.3. The van der Waals surface area contributed by atoms with Crippen molar-refractivity contribution in [2.24, 2.45) is 0 Å². The Balaban J connectivity index is 1.47. The maximum atomic E-state index is 14.3. The molecule has 0 spiro atoms. The van der Waals surface area contributed by atoms with E-state index < -0.39 is 15.8 Å². The lowest BCUT2D eigenvalue weighted by Crippen LogP contribution is -2.40. The topological polar surface area (TPSA) is 102 Å². The molecule has 36 heavy (non-hydrogen) atoms. The van der Waals surface area contributed by atoms with E-state index in [4.69, 9.17) is 15.6 Å². The molecule has 0 saturated carbocycles. The average molecular weight is 510 g/mol. The minimum absolute atomic E-state index is 0.178. The summed E-state index contributed by atoms with van der Waals surface area (Å²) in [6.45, 7) is 5.05. The summed E-state index contributed by atoms with van der Waals surface area (Å²) < 4.78 is 48.3. The third-order valence-corrected chi connectivity index (χ3v) is 8.48. The second-order valence-corrected chi connectivity index (χ2v) is 10.8. The number of aromatic nitrogens is 1. The van der Waals surface area contributed by atoms with Crippen molar-refractivity contribution in [3.05, 3.63) is 77.3 Å². The van der Waals surface area contributed by atoms with Crippen LogP contribution >= 0.6 is 0 Å². The summed E-state index contributed by atoms with van der Waals surface area (Å²) in [6, 6.07) is 10.8. The number of rotatable bonds is 4. The summed E-state index contributed by atoms with van der Waals surface area (Å²) in [4.78, 5) is 3.89. The van der Waals surface area contributed by atoms with Crippen molar-refractivity contribution in [1.82, 2.24) is 13.8 Å². The highest BCUT2D eigenvalue weighted by Crippen LogP contribution is 2.34. The molecule has 188 valence electrons. The van der Waals surface area contributed by atoms with Crippen molar-refractivity contribution >= 4 is 32.6 Å². The van der Waals surface area contributed by atoms with Crippen LogP contribution < -0.4 is 0 Å². The average Bonchev–Trinajstić information content (AvgIpc) is 3.21. The van der Waals surface area contributed by atoms with Gasteiger partial charge in [-0.05, 0) is 49.4 Å². The summed E-state index contributed by atoms with van der Waals surface area (Å²) in [5.74, 6) is 0.0993. The summed E-state index contributed by atoms with van der Waals surface area (Å²) in [6.07, 6.45) is 3.58. The van der Waals surface area contributed by atoms with E-state index in [1.54, 1.807) is 36.4 Å². The monoisotopic (exact) mass is 509 g/mol. The van der Waals surface area contributed by atoms with Gasteiger partial charge in [-0.15, -0.1) is 0 Å². The summed E-state index contributed by atoms with van der Waals surface area (Å²) in [7, 11) is -3.90. The van der Waals surface area contributed by atoms with E-state index in [0.717, 1.165) is 5.56 Å². The van der Waals surface area contributed by atoms with Crippen molar-refractivity contribution in [2.45, 2.75) is 24.8 Å². The van der Waals surface area contributed by atoms with E-state index in [-0.39, 0.29) is 17.3 Å². The Labute approximate surface area is 209 Å². The first-order valence-electron chi connectivity index (χ1n) is 11.8. The van der Waals surface area contributed by atoms with E-state index in [9.17, 15) is 12.8 Å². The third kappa shape index (κ3) is 4.42. The van der Waals surface area contributed by atoms with Gasteiger partial charge in [0.25, 0.3) is 10.0 Å². The Morgan fingerprint density at radius 2 is 1.64 bits per heavy atom. The van der Waals surface area contributed by atoms with Gasteiger partial charge in [-0.25, -0.2) is 16.8 Å². The molecule has 8 nitrogen and oxygen atoms in total. The highest BCUT2D eigenvalue weighted by Gasteiger charge is 2.31. The largest absolute Gasteiger partial charge is 0.378 e. The summed E-state index contributed by atoms with van der Waals surface area (Å²) in [5.41, 5.74) is 2.71. The van der Waals surface area contributed by atoms with E-state index in [2.05, 4.69) is 0 Å². The van der Waals surface area contributed by atoms with Crippen LogP contribution in [0.5, 0.6) is 0 Å². The quantitative estimate of drug-likeness (QED) is 0.414. The van der Waals surface area contributed by atoms with Crippen molar-refractivity contribution in [1.29, 1.82) is 10.8 Å². The highest BCUT2D eigenvalue weighted by atomic mass is 32.2. The Kier molecular flexibility index (Phi) is 6.40. The number of hydrogen-bond donors (Lipinski definition) is 2. The van der Waals surface area contributed by atoms with E-state index >= 15 is 0 Å². The molecule has 5 rings (SSSR count). The van der Waals surface area contributed by atoms with Crippen LogP contribution in [-0.4, -0.2) is 66.7 Å². The van der Waals surface area contributed by atoms with Crippen molar-refractivity contribution in [3.63, 3.8) is 0 Å². The van der Waals surface area contributed by atoms with Crippen LogP contribution in [0, 0.1) is 23.6 Å². The fourth-order valence-electron chi connectivity index (χ4n) is 4.76. The molecule has 2 aliphatic rings. The van der Waals surface area contributed by atoms with Gasteiger partial charge in [-0.3, -0.25) is 10.8 Å². The third-order valence-electron chi connectivity index (χ3n) is 6.71. The number of morpholine rings is 1. The van der Waals surface area contributed by atoms with Crippen LogP contribution in [0.25, 0.3) is 10.9 Å². The molecule has 1 fully saturated rings. The number of aryl methyl sites for hydroxylation is 1. The van der Waals surface area contributed by atoms with E-state index in [1.165, 1.54) is 22.2 Å². The highest BCUT2D eigenvalue weighted by molar-refractivity contribution is 7.90. The van der Waals surface area contributed by atoms with Gasteiger partial charge in [0.15, 0.2) is 0 Å². The fourth-order valence-corrected chi connectivity index (χ4v) is 6.36. The van der Waals surface area contributed by atoms with Gasteiger partial charge in [0.05, 0.1) is 23.6 Å². The van der Waals surface area contributed by atoms with Crippen molar-refractivity contribution in [3.8, 4) is 0 Å². The number of nitrogens with zero attached hydrogens (tertiary/aromatic N) is 3. The van der Waals surface area contributed by atoms with E-state index in [0.29, 0.717) is 67.3 Å². The number of fused-ring (bicyclic) bond motifs is 3. The first-order chi connectivity index (χ1) is 17.3. The minimum atomic E-state index is -3.90. The molecule has 2 aromatic carbocycles. The van der Waals surface area contributed by atoms with Crippen molar-refractivity contribution < 1.29 is 17.5 Å². The van der Waals surface area contributed by atoms with Gasteiger partial charge >= 0.3 is 0 Å². The maximum Gasteiger partial charge on any atom is 0.268 e. The zero-order valence-corrected chi connectivity index (χ0v) is 20.8. The molecule has 0 amide bonds. The predicted octanol–water partition coefficient (Wildman–Crippen LogP) is 3.53. The lowest BCUT2D eigenvalue weighted by atomic mass is 10.0. The van der Waals surface area contributed by atoms with Crippen LogP contribution in [-0.2, 0) is 27.7 Å². The second kappa shape index (κ2) is 9.51. The first-order valence-corrected chi connectivity index (χ1v) is 13.3. The molecule has 0 radical (unpaired) electrons. The number of benzene rings is 2. The smallest absolute Gasteiger partial charge is 0.268 e. The molecule has 0 unspecified atom stereocenters. The molecule has 1 saturated heterocycles. The van der Waals surface area contributed by atoms with Gasteiger partial charge in [-0.1, -0.05) is 17.7 Å². The Bertz CT molecular complexity index is 1470. The molecule has 3 heterocycles.